The molecular formula is C16H26N2O5S. The molecule has 0 fully saturated rings. The topological polar surface area (TPSA) is 84.9 Å². The second kappa shape index (κ2) is 9.48. The van der Waals surface area contributed by atoms with Crippen molar-refractivity contribution in [1.82, 2.24) is 9.62 Å². The lowest BCUT2D eigenvalue weighted by atomic mass is 10.3. The number of hydrogen-bond acceptors (Lipinski definition) is 5. The largest absolute Gasteiger partial charge is 0.497 e. The van der Waals surface area contributed by atoms with Gasteiger partial charge in [-0.15, -0.1) is 0 Å². The molecule has 1 aromatic rings. The summed E-state index contributed by atoms with van der Waals surface area (Å²) < 4.78 is 37.6. The Morgan fingerprint density at radius 1 is 1.21 bits per heavy atom. The fourth-order valence-electron chi connectivity index (χ4n) is 2.17. The van der Waals surface area contributed by atoms with Crippen LogP contribution in [0.1, 0.15) is 26.7 Å². The first-order chi connectivity index (χ1) is 11.4. The molecule has 136 valence electrons. The van der Waals surface area contributed by atoms with Crippen molar-refractivity contribution in [1.29, 1.82) is 0 Å². The predicted octanol–water partition coefficient (Wildman–Crippen LogP) is 1.63. The molecule has 0 aromatic heterocycles. The van der Waals surface area contributed by atoms with Crippen LogP contribution in [-0.4, -0.2) is 53.1 Å². The van der Waals surface area contributed by atoms with Gasteiger partial charge in [0.15, 0.2) is 0 Å². The van der Waals surface area contributed by atoms with Crippen molar-refractivity contribution in [2.75, 3.05) is 33.9 Å². The highest BCUT2D eigenvalue weighted by Crippen LogP contribution is 2.28. The maximum absolute atomic E-state index is 12.4. The fraction of sp³-hybridized carbons (Fsp3) is 0.562. The highest BCUT2D eigenvalue weighted by atomic mass is 32.2. The Hall–Kier alpha value is -1.80. The quantitative estimate of drug-likeness (QED) is 0.687. The number of rotatable bonds is 10. The van der Waals surface area contributed by atoms with Crippen molar-refractivity contribution in [3.8, 4) is 11.5 Å². The highest BCUT2D eigenvalue weighted by molar-refractivity contribution is 7.89. The Morgan fingerprint density at radius 3 is 2.46 bits per heavy atom. The summed E-state index contributed by atoms with van der Waals surface area (Å²) in [5.74, 6) is 0.647. The maximum Gasteiger partial charge on any atom is 0.244 e. The Labute approximate surface area is 144 Å². The molecule has 0 aliphatic carbocycles. The van der Waals surface area contributed by atoms with Crippen molar-refractivity contribution < 1.29 is 22.7 Å². The normalized spacial score (nSPS) is 11.2. The number of carbonyl (C=O) groups is 1. The van der Waals surface area contributed by atoms with Gasteiger partial charge in [-0.05, 0) is 18.6 Å². The smallest absolute Gasteiger partial charge is 0.244 e. The summed E-state index contributed by atoms with van der Waals surface area (Å²) >= 11 is 0. The number of ether oxygens (including phenoxy) is 2. The SMILES string of the molecule is CCCCN(CCNS(=O)(=O)c1ccc(OC)cc1OC)C(C)=O. The van der Waals surface area contributed by atoms with Crippen LogP contribution in [0.3, 0.4) is 0 Å². The third-order valence-electron chi connectivity index (χ3n) is 3.56. The van der Waals surface area contributed by atoms with Gasteiger partial charge in [-0.25, -0.2) is 13.1 Å². The van der Waals surface area contributed by atoms with Crippen molar-refractivity contribution in [3.05, 3.63) is 18.2 Å². The number of unbranched alkanes of at least 4 members (excludes halogenated alkanes) is 1. The van der Waals surface area contributed by atoms with Gasteiger partial charge in [0.2, 0.25) is 15.9 Å². The maximum atomic E-state index is 12.4. The number of sulfonamides is 1. The van der Waals surface area contributed by atoms with Crippen molar-refractivity contribution in [2.45, 2.75) is 31.6 Å². The average Bonchev–Trinajstić information content (AvgIpc) is 2.56. The molecule has 0 spiro atoms. The molecule has 0 heterocycles. The van der Waals surface area contributed by atoms with E-state index in [1.807, 2.05) is 6.92 Å². The van der Waals surface area contributed by atoms with Gasteiger partial charge in [-0.1, -0.05) is 13.3 Å². The van der Waals surface area contributed by atoms with Crippen molar-refractivity contribution in [2.24, 2.45) is 0 Å². The molecule has 1 N–H and O–H groups in total. The van der Waals surface area contributed by atoms with Gasteiger partial charge >= 0.3 is 0 Å². The van der Waals surface area contributed by atoms with Gasteiger partial charge < -0.3 is 14.4 Å². The fourth-order valence-corrected chi connectivity index (χ4v) is 3.34. The minimum Gasteiger partial charge on any atom is -0.497 e. The molecule has 24 heavy (non-hydrogen) atoms. The minimum atomic E-state index is -3.74. The zero-order valence-corrected chi connectivity index (χ0v) is 15.5. The molecule has 0 aliphatic heterocycles. The third kappa shape index (κ3) is 5.68. The van der Waals surface area contributed by atoms with E-state index in [1.54, 1.807) is 11.0 Å². The van der Waals surface area contributed by atoms with Crippen molar-refractivity contribution in [3.63, 3.8) is 0 Å². The van der Waals surface area contributed by atoms with E-state index in [1.165, 1.54) is 33.3 Å². The van der Waals surface area contributed by atoms with E-state index in [-0.39, 0.29) is 23.1 Å². The van der Waals surface area contributed by atoms with Gasteiger partial charge in [0, 0.05) is 32.6 Å². The van der Waals surface area contributed by atoms with E-state index in [2.05, 4.69) is 4.72 Å². The average molecular weight is 358 g/mol. The molecule has 0 radical (unpaired) electrons. The van der Waals surface area contributed by atoms with Crippen LogP contribution in [0, 0.1) is 0 Å². The van der Waals surface area contributed by atoms with Crippen LogP contribution in [0.4, 0.5) is 0 Å². The summed E-state index contributed by atoms with van der Waals surface area (Å²) in [6.07, 6.45) is 1.86. The molecule has 0 bridgehead atoms. The Morgan fingerprint density at radius 2 is 1.92 bits per heavy atom. The molecular weight excluding hydrogens is 332 g/mol. The lowest BCUT2D eigenvalue weighted by Gasteiger charge is -2.21. The molecule has 1 rings (SSSR count). The van der Waals surface area contributed by atoms with Crippen LogP contribution >= 0.6 is 0 Å². The van der Waals surface area contributed by atoms with E-state index in [9.17, 15) is 13.2 Å². The van der Waals surface area contributed by atoms with E-state index < -0.39 is 10.0 Å². The monoisotopic (exact) mass is 358 g/mol. The molecule has 0 aliphatic rings. The van der Waals surface area contributed by atoms with E-state index in [0.717, 1.165) is 12.8 Å². The van der Waals surface area contributed by atoms with E-state index >= 15 is 0 Å². The minimum absolute atomic E-state index is 0.0359. The van der Waals surface area contributed by atoms with Gasteiger partial charge in [0.1, 0.15) is 16.4 Å². The molecule has 0 unspecified atom stereocenters. The number of nitrogens with one attached hydrogen (secondary N) is 1. The van der Waals surface area contributed by atoms with Gasteiger partial charge in [-0.3, -0.25) is 4.79 Å². The van der Waals surface area contributed by atoms with Gasteiger partial charge in [-0.2, -0.15) is 0 Å². The molecule has 1 amide bonds. The first-order valence-corrected chi connectivity index (χ1v) is 9.31. The Balaban J connectivity index is 2.78. The zero-order chi connectivity index (χ0) is 18.2. The standard InChI is InChI=1S/C16H26N2O5S/c1-5-6-10-18(13(2)19)11-9-17-24(20,21)16-8-7-14(22-3)12-15(16)23-4/h7-8,12,17H,5-6,9-11H2,1-4H3. The lowest BCUT2D eigenvalue weighted by Crippen LogP contribution is -2.38. The number of benzene rings is 1. The molecule has 8 heteroatoms. The number of carbonyl (C=O) groups excluding carboxylic acids is 1. The Kier molecular flexibility index (Phi) is 8.00. The second-order valence-electron chi connectivity index (χ2n) is 5.27. The van der Waals surface area contributed by atoms with Crippen molar-refractivity contribution >= 4 is 15.9 Å². The second-order valence-corrected chi connectivity index (χ2v) is 7.01. The summed E-state index contributed by atoms with van der Waals surface area (Å²) in [4.78, 5) is 13.2. The number of methoxy groups -OCH3 is 2. The molecule has 0 saturated heterocycles. The summed E-state index contributed by atoms with van der Waals surface area (Å²) in [5, 5.41) is 0. The number of nitrogens with zero attached hydrogens (tertiary/aromatic N) is 1. The summed E-state index contributed by atoms with van der Waals surface area (Å²) in [6.45, 7) is 4.61. The molecule has 0 saturated carbocycles. The van der Waals surface area contributed by atoms with Crippen LogP contribution in [0.5, 0.6) is 11.5 Å². The van der Waals surface area contributed by atoms with E-state index in [4.69, 9.17) is 9.47 Å². The predicted molar refractivity (Wildman–Crippen MR) is 91.9 cm³/mol. The van der Waals surface area contributed by atoms with Crippen LogP contribution in [0.25, 0.3) is 0 Å². The van der Waals surface area contributed by atoms with Crippen LogP contribution in [-0.2, 0) is 14.8 Å². The van der Waals surface area contributed by atoms with Crippen LogP contribution in [0.15, 0.2) is 23.1 Å². The van der Waals surface area contributed by atoms with Crippen LogP contribution in [0.2, 0.25) is 0 Å². The third-order valence-corrected chi connectivity index (χ3v) is 5.06. The van der Waals surface area contributed by atoms with Gasteiger partial charge in [0.25, 0.3) is 0 Å². The first-order valence-electron chi connectivity index (χ1n) is 7.83. The number of amides is 1. The summed E-state index contributed by atoms with van der Waals surface area (Å²) in [7, 11) is -0.846. The first kappa shape index (κ1) is 20.2. The molecule has 0 atom stereocenters. The van der Waals surface area contributed by atoms with E-state index in [0.29, 0.717) is 18.8 Å². The van der Waals surface area contributed by atoms with Crippen LogP contribution < -0.4 is 14.2 Å². The summed E-state index contributed by atoms with van der Waals surface area (Å²) in [5.41, 5.74) is 0. The lowest BCUT2D eigenvalue weighted by molar-refractivity contribution is -0.128. The zero-order valence-electron chi connectivity index (χ0n) is 14.7. The summed E-state index contributed by atoms with van der Waals surface area (Å²) in [6, 6.07) is 4.50. The highest BCUT2D eigenvalue weighted by Gasteiger charge is 2.20. The number of hydrogen-bond donors (Lipinski definition) is 1. The molecule has 7 nitrogen and oxygen atoms in total. The van der Waals surface area contributed by atoms with Gasteiger partial charge in [0.05, 0.1) is 14.2 Å². The molecule has 1 aromatic carbocycles. The Bertz CT molecular complexity index is 646.